The molecule has 210 valence electrons. The van der Waals surface area contributed by atoms with Gasteiger partial charge in [-0.05, 0) is 68.1 Å². The van der Waals surface area contributed by atoms with Gasteiger partial charge in [0.25, 0.3) is 0 Å². The Morgan fingerprint density at radius 3 is 2.67 bits per heavy atom. The molecule has 4 N–H and O–H groups in total. The van der Waals surface area contributed by atoms with Crippen LogP contribution in [0.25, 0.3) is 10.2 Å². The lowest BCUT2D eigenvalue weighted by atomic mass is 9.94. The van der Waals surface area contributed by atoms with E-state index in [1.807, 2.05) is 18.2 Å². The number of aromatic nitrogens is 1. The highest BCUT2D eigenvalue weighted by atomic mass is 32.1. The van der Waals surface area contributed by atoms with Crippen LogP contribution in [0.4, 0.5) is 0 Å². The van der Waals surface area contributed by atoms with Crippen molar-refractivity contribution in [2.24, 2.45) is 0 Å². The highest BCUT2D eigenvalue weighted by Gasteiger charge is 2.24. The zero-order chi connectivity index (χ0) is 27.0. The molecule has 1 fully saturated rings. The van der Waals surface area contributed by atoms with Gasteiger partial charge in [0, 0.05) is 32.1 Å². The number of nitrogens with one attached hydrogen (secondary N) is 3. The van der Waals surface area contributed by atoms with Gasteiger partial charge in [-0.25, -0.2) is 0 Å². The first-order valence-corrected chi connectivity index (χ1v) is 14.8. The Bertz CT molecular complexity index is 1320. The summed E-state index contributed by atoms with van der Waals surface area (Å²) >= 11 is 1.13. The van der Waals surface area contributed by atoms with Crippen LogP contribution in [0.1, 0.15) is 49.7 Å². The van der Waals surface area contributed by atoms with Crippen molar-refractivity contribution in [2.45, 2.75) is 57.4 Å². The van der Waals surface area contributed by atoms with Gasteiger partial charge in [-0.1, -0.05) is 42.7 Å². The first-order valence-electron chi connectivity index (χ1n) is 14.0. The average Bonchev–Trinajstić information content (AvgIpc) is 3.58. The number of nitrogens with zero attached hydrogens (tertiary/aromatic N) is 1. The van der Waals surface area contributed by atoms with Crippen LogP contribution in [0.3, 0.4) is 0 Å². The fraction of sp³-hybridized carbons (Fsp3) is 0.517. The fourth-order valence-electron chi connectivity index (χ4n) is 5.51. The van der Waals surface area contributed by atoms with E-state index < -0.39 is 0 Å². The van der Waals surface area contributed by atoms with Crippen LogP contribution in [0, 0.1) is 0 Å². The topological polar surface area (TPSA) is 116 Å². The van der Waals surface area contributed by atoms with E-state index in [0.717, 1.165) is 78.4 Å². The Hall–Kier alpha value is -3.08. The van der Waals surface area contributed by atoms with Gasteiger partial charge in [0.15, 0.2) is 11.5 Å². The van der Waals surface area contributed by atoms with Gasteiger partial charge in [-0.3, -0.25) is 9.59 Å². The molecule has 0 spiro atoms. The summed E-state index contributed by atoms with van der Waals surface area (Å²) in [5.41, 5.74) is 2.73. The van der Waals surface area contributed by atoms with Crippen molar-refractivity contribution >= 4 is 27.5 Å². The lowest BCUT2D eigenvalue weighted by Gasteiger charge is -2.34. The third kappa shape index (κ3) is 7.12. The van der Waals surface area contributed by atoms with Gasteiger partial charge in [-0.2, -0.15) is 0 Å². The zero-order valence-electron chi connectivity index (χ0n) is 22.3. The Labute approximate surface area is 232 Å². The lowest BCUT2D eigenvalue weighted by Crippen LogP contribution is -2.45. The number of rotatable bonds is 13. The molecule has 2 heterocycles. The standard InChI is InChI=1S/C29H38N4O5S/c34-23-8-7-21(28-27(23)32-29(36)39-28)11-14-31-16-17-33(22-4-2-1-3-5-22)26(35)12-15-30-13-10-20-6-9-24-25(18-20)38-19-37-24/h6-9,18,22,30-31,34H,1-5,10-17,19H2,(H,32,36). The molecule has 0 radical (unpaired) electrons. The van der Waals surface area contributed by atoms with Crippen LogP contribution >= 0.6 is 11.3 Å². The highest BCUT2D eigenvalue weighted by Crippen LogP contribution is 2.32. The molecule has 1 aromatic heterocycles. The van der Waals surface area contributed by atoms with Crippen LogP contribution in [-0.4, -0.2) is 66.5 Å². The Morgan fingerprint density at radius 2 is 1.79 bits per heavy atom. The number of H-pyrrole nitrogens is 1. The molecule has 5 rings (SSSR count). The average molecular weight is 555 g/mol. The van der Waals surface area contributed by atoms with Gasteiger partial charge in [0.05, 0.1) is 4.70 Å². The van der Waals surface area contributed by atoms with Crippen LogP contribution < -0.4 is 25.0 Å². The predicted molar refractivity (Wildman–Crippen MR) is 153 cm³/mol. The summed E-state index contributed by atoms with van der Waals surface area (Å²) in [6, 6.07) is 9.87. The second-order valence-electron chi connectivity index (χ2n) is 10.3. The molecule has 1 aliphatic carbocycles. The van der Waals surface area contributed by atoms with E-state index in [0.29, 0.717) is 31.1 Å². The molecule has 9 nitrogen and oxygen atoms in total. The molecule has 3 aromatic rings. The van der Waals surface area contributed by atoms with Gasteiger partial charge in [0.2, 0.25) is 12.7 Å². The molecule has 2 aliphatic rings. The number of carbonyl (C=O) groups excluding carboxylic acids is 1. The number of carbonyl (C=O) groups is 1. The van der Waals surface area contributed by atoms with E-state index in [9.17, 15) is 14.7 Å². The summed E-state index contributed by atoms with van der Waals surface area (Å²) < 4.78 is 11.6. The van der Waals surface area contributed by atoms with Crippen LogP contribution in [-0.2, 0) is 17.6 Å². The van der Waals surface area contributed by atoms with E-state index >= 15 is 0 Å². The molecule has 10 heteroatoms. The first kappa shape index (κ1) is 27.5. The summed E-state index contributed by atoms with van der Waals surface area (Å²) in [5, 5.41) is 16.9. The molecular weight excluding hydrogens is 516 g/mol. The number of aromatic hydroxyl groups is 1. The lowest BCUT2D eigenvalue weighted by molar-refractivity contribution is -0.134. The number of fused-ring (bicyclic) bond motifs is 2. The number of hydrogen-bond donors (Lipinski definition) is 4. The SMILES string of the molecule is O=C(CCNCCc1ccc2c(c1)OCO2)N(CCNCCc1ccc(O)c2[nH]c(=O)sc12)C1CCCCC1. The molecule has 1 amide bonds. The molecule has 1 saturated carbocycles. The van der Waals surface area contributed by atoms with Crippen LogP contribution in [0.2, 0.25) is 0 Å². The molecule has 0 saturated heterocycles. The number of hydrogen-bond acceptors (Lipinski definition) is 8. The minimum atomic E-state index is -0.162. The molecular formula is C29H38N4O5S. The van der Waals surface area contributed by atoms with E-state index in [2.05, 4.69) is 26.6 Å². The fourth-order valence-corrected chi connectivity index (χ4v) is 6.41. The molecule has 0 atom stereocenters. The third-order valence-electron chi connectivity index (χ3n) is 7.62. The predicted octanol–water partition coefficient (Wildman–Crippen LogP) is 3.54. The summed E-state index contributed by atoms with van der Waals surface area (Å²) in [5.74, 6) is 1.92. The first-order chi connectivity index (χ1) is 19.1. The number of aromatic amines is 1. The Kier molecular flexibility index (Phi) is 9.39. The quantitative estimate of drug-likeness (QED) is 0.239. The maximum atomic E-state index is 13.2. The number of ether oxygens (including phenoxy) is 2. The number of amides is 1. The Balaban J connectivity index is 1.05. The largest absolute Gasteiger partial charge is 0.506 e. The van der Waals surface area contributed by atoms with Crippen molar-refractivity contribution in [3.8, 4) is 17.2 Å². The van der Waals surface area contributed by atoms with Crippen molar-refractivity contribution in [1.29, 1.82) is 0 Å². The molecule has 0 bridgehead atoms. The van der Waals surface area contributed by atoms with Crippen LogP contribution in [0.5, 0.6) is 17.2 Å². The third-order valence-corrected chi connectivity index (χ3v) is 8.58. The highest BCUT2D eigenvalue weighted by molar-refractivity contribution is 7.16. The van der Waals surface area contributed by atoms with Crippen molar-refractivity contribution in [1.82, 2.24) is 20.5 Å². The van der Waals surface area contributed by atoms with Gasteiger partial charge in [0.1, 0.15) is 11.3 Å². The summed E-state index contributed by atoms with van der Waals surface area (Å²) in [4.78, 5) is 29.6. The number of benzene rings is 2. The summed E-state index contributed by atoms with van der Waals surface area (Å²) in [6.45, 7) is 3.91. The van der Waals surface area contributed by atoms with Crippen LogP contribution in [0.15, 0.2) is 35.1 Å². The van der Waals surface area contributed by atoms with Gasteiger partial charge >= 0.3 is 4.87 Å². The van der Waals surface area contributed by atoms with E-state index in [1.165, 1.54) is 24.8 Å². The summed E-state index contributed by atoms with van der Waals surface area (Å²) in [7, 11) is 0. The molecule has 0 unspecified atom stereocenters. The number of phenols is 1. The normalized spacial score (nSPS) is 15.2. The molecule has 1 aliphatic heterocycles. The van der Waals surface area contributed by atoms with Gasteiger partial charge < -0.3 is 35.1 Å². The van der Waals surface area contributed by atoms with E-state index in [4.69, 9.17) is 9.47 Å². The van der Waals surface area contributed by atoms with Crippen molar-refractivity contribution in [2.75, 3.05) is 39.5 Å². The van der Waals surface area contributed by atoms with E-state index in [1.54, 1.807) is 6.07 Å². The maximum Gasteiger partial charge on any atom is 0.305 e. The van der Waals surface area contributed by atoms with Crippen molar-refractivity contribution in [3.63, 3.8) is 0 Å². The summed E-state index contributed by atoms with van der Waals surface area (Å²) in [6.07, 6.45) is 7.91. The monoisotopic (exact) mass is 554 g/mol. The smallest absolute Gasteiger partial charge is 0.305 e. The second-order valence-corrected chi connectivity index (χ2v) is 11.3. The van der Waals surface area contributed by atoms with Gasteiger partial charge in [-0.15, -0.1) is 0 Å². The number of phenolic OH excluding ortho intramolecular Hbond substituents is 1. The zero-order valence-corrected chi connectivity index (χ0v) is 23.1. The maximum absolute atomic E-state index is 13.2. The van der Waals surface area contributed by atoms with E-state index in [-0.39, 0.29) is 23.3 Å². The minimum absolute atomic E-state index is 0.101. The van der Waals surface area contributed by atoms with Crippen molar-refractivity contribution < 1.29 is 19.4 Å². The molecule has 2 aromatic carbocycles. The second kappa shape index (κ2) is 13.3. The Morgan fingerprint density at radius 1 is 1.00 bits per heavy atom. The molecule has 39 heavy (non-hydrogen) atoms. The number of thiazole rings is 1. The minimum Gasteiger partial charge on any atom is -0.506 e. The van der Waals surface area contributed by atoms with Crippen molar-refractivity contribution in [3.05, 3.63) is 51.1 Å².